The first kappa shape index (κ1) is 23.3. The molecule has 1 aliphatic rings. The molecule has 6 nitrogen and oxygen atoms in total. The van der Waals surface area contributed by atoms with Gasteiger partial charge in [-0.05, 0) is 49.8 Å². The Morgan fingerprint density at radius 1 is 1.12 bits per heavy atom. The molecule has 3 aromatic rings. The Balaban J connectivity index is 1.63. The average molecular weight is 490 g/mol. The molecule has 2 heterocycles. The molecular weight excluding hydrogens is 467 g/mol. The van der Waals surface area contributed by atoms with Crippen LogP contribution in [0.5, 0.6) is 5.75 Å². The second-order valence-corrected chi connectivity index (χ2v) is 10.8. The molecule has 1 aliphatic carbocycles. The highest BCUT2D eigenvalue weighted by Gasteiger charge is 2.67. The third-order valence-corrected chi connectivity index (χ3v) is 6.82. The van der Waals surface area contributed by atoms with Crippen molar-refractivity contribution in [1.29, 1.82) is 0 Å². The van der Waals surface area contributed by atoms with Crippen molar-refractivity contribution in [3.05, 3.63) is 42.2 Å². The molecule has 1 saturated carbocycles. The number of nitrogens with one attached hydrogen (secondary N) is 1. The van der Waals surface area contributed by atoms with Crippen LogP contribution in [0.25, 0.3) is 10.9 Å². The number of fused-ring (bicyclic) bond motifs is 1. The van der Waals surface area contributed by atoms with E-state index in [2.05, 4.69) is 22.3 Å². The van der Waals surface area contributed by atoms with Gasteiger partial charge in [0.2, 0.25) is 0 Å². The van der Waals surface area contributed by atoms with Crippen LogP contribution in [0, 0.1) is 5.92 Å². The van der Waals surface area contributed by atoms with Gasteiger partial charge in [0.05, 0.1) is 24.4 Å². The van der Waals surface area contributed by atoms with Gasteiger partial charge in [0.25, 0.3) is 5.91 Å². The van der Waals surface area contributed by atoms with Crippen LogP contribution >= 0.6 is 10.2 Å². The molecule has 1 N–H and O–H groups in total. The standard InChI is InChI=1S/C21H23F5N4O2S/c1-13-6-8-15(9-7-13)30-12-14-10-18(19(32-2)11-17(14)29-30)28-21(31)16-4-3-5-20(27-16)33(22,23,24,25)26/h3-5,10-13,15H,6-9H2,1-2H3,(H,28,31). The van der Waals surface area contributed by atoms with Gasteiger partial charge in [0.15, 0.2) is 5.03 Å². The van der Waals surface area contributed by atoms with Crippen molar-refractivity contribution < 1.29 is 29.0 Å². The maximum Gasteiger partial charge on any atom is 0.325 e. The lowest BCUT2D eigenvalue weighted by Gasteiger charge is -2.39. The molecule has 0 radical (unpaired) electrons. The van der Waals surface area contributed by atoms with Gasteiger partial charge in [0.1, 0.15) is 11.4 Å². The summed E-state index contributed by atoms with van der Waals surface area (Å²) in [5.74, 6) is -0.174. The van der Waals surface area contributed by atoms with E-state index in [9.17, 15) is 24.2 Å². The van der Waals surface area contributed by atoms with Gasteiger partial charge in [-0.1, -0.05) is 32.4 Å². The number of amides is 1. The van der Waals surface area contributed by atoms with Crippen molar-refractivity contribution in [1.82, 2.24) is 14.8 Å². The number of carbonyl (C=O) groups excluding carboxylic acids is 1. The van der Waals surface area contributed by atoms with Crippen molar-refractivity contribution in [2.75, 3.05) is 12.4 Å². The fourth-order valence-corrected chi connectivity index (χ4v) is 4.58. The van der Waals surface area contributed by atoms with E-state index >= 15 is 0 Å². The van der Waals surface area contributed by atoms with E-state index in [-0.39, 0.29) is 23.5 Å². The van der Waals surface area contributed by atoms with Gasteiger partial charge in [-0.3, -0.25) is 9.48 Å². The normalized spacial score (nSPS) is 21.3. The number of nitrogens with zero attached hydrogens (tertiary/aromatic N) is 3. The Bertz CT molecular complexity index is 1220. The maximum atomic E-state index is 13.1. The minimum atomic E-state index is -10.0. The molecule has 0 aliphatic heterocycles. The Morgan fingerprint density at radius 2 is 1.82 bits per heavy atom. The van der Waals surface area contributed by atoms with Crippen LogP contribution in [-0.4, -0.2) is 27.8 Å². The Labute approximate surface area is 186 Å². The van der Waals surface area contributed by atoms with E-state index in [4.69, 9.17) is 4.74 Å². The fraction of sp³-hybridized carbons (Fsp3) is 0.381. The summed E-state index contributed by atoms with van der Waals surface area (Å²) in [5, 5.41) is 5.34. The van der Waals surface area contributed by atoms with E-state index < -0.39 is 26.9 Å². The molecule has 0 atom stereocenters. The predicted molar refractivity (Wildman–Crippen MR) is 117 cm³/mol. The van der Waals surface area contributed by atoms with Crippen molar-refractivity contribution in [3.8, 4) is 5.75 Å². The van der Waals surface area contributed by atoms with Crippen molar-refractivity contribution in [2.45, 2.75) is 43.7 Å². The lowest BCUT2D eigenvalue weighted by molar-refractivity contribution is 0.102. The quantitative estimate of drug-likeness (QED) is 0.387. The largest absolute Gasteiger partial charge is 0.494 e. The highest BCUT2D eigenvalue weighted by molar-refractivity contribution is 8.45. The monoisotopic (exact) mass is 490 g/mol. The summed E-state index contributed by atoms with van der Waals surface area (Å²) < 4.78 is 72.5. The number of halogens is 5. The summed E-state index contributed by atoms with van der Waals surface area (Å²) in [6.07, 6.45) is 6.07. The molecule has 1 fully saturated rings. The molecule has 2 aromatic heterocycles. The summed E-state index contributed by atoms with van der Waals surface area (Å²) in [7, 11) is -8.65. The molecule has 1 aromatic carbocycles. The van der Waals surface area contributed by atoms with Crippen LogP contribution in [0.15, 0.2) is 41.6 Å². The molecule has 1 amide bonds. The van der Waals surface area contributed by atoms with Gasteiger partial charge in [-0.15, -0.1) is 0 Å². The third-order valence-electron chi connectivity index (χ3n) is 5.80. The molecular formula is C21H23F5N4O2S. The van der Waals surface area contributed by atoms with E-state index in [1.54, 1.807) is 12.1 Å². The number of pyridine rings is 1. The van der Waals surface area contributed by atoms with E-state index in [0.29, 0.717) is 22.9 Å². The topological polar surface area (TPSA) is 69.0 Å². The molecule has 0 saturated heterocycles. The lowest BCUT2D eigenvalue weighted by atomic mass is 9.87. The molecule has 33 heavy (non-hydrogen) atoms. The van der Waals surface area contributed by atoms with Gasteiger partial charge in [-0.2, -0.15) is 5.10 Å². The van der Waals surface area contributed by atoms with Crippen LogP contribution in [-0.2, 0) is 0 Å². The molecule has 0 bridgehead atoms. The number of hydrogen-bond acceptors (Lipinski definition) is 4. The highest BCUT2D eigenvalue weighted by atomic mass is 32.5. The Hall–Kier alpha value is -2.89. The zero-order chi connectivity index (χ0) is 24.1. The van der Waals surface area contributed by atoms with E-state index in [1.807, 2.05) is 10.9 Å². The fourth-order valence-electron chi connectivity index (χ4n) is 3.97. The van der Waals surface area contributed by atoms with Gasteiger partial charge in [-0.25, -0.2) is 4.98 Å². The number of hydrogen-bond donors (Lipinski definition) is 1. The van der Waals surface area contributed by atoms with Crippen LogP contribution < -0.4 is 10.1 Å². The van der Waals surface area contributed by atoms with Gasteiger partial charge >= 0.3 is 10.2 Å². The molecule has 0 unspecified atom stereocenters. The predicted octanol–water partition coefficient (Wildman–Crippen LogP) is 7.10. The number of benzene rings is 1. The van der Waals surface area contributed by atoms with Crippen LogP contribution in [0.3, 0.4) is 0 Å². The Morgan fingerprint density at radius 3 is 2.45 bits per heavy atom. The van der Waals surface area contributed by atoms with Crippen LogP contribution in [0.4, 0.5) is 25.1 Å². The second-order valence-electron chi connectivity index (χ2n) is 8.42. The summed E-state index contributed by atoms with van der Waals surface area (Å²) >= 11 is 0. The first-order valence-corrected chi connectivity index (χ1v) is 12.3. The summed E-state index contributed by atoms with van der Waals surface area (Å²) in [6.45, 7) is 2.22. The van der Waals surface area contributed by atoms with Crippen molar-refractivity contribution >= 4 is 32.7 Å². The van der Waals surface area contributed by atoms with Crippen LogP contribution in [0.1, 0.15) is 49.1 Å². The number of carbonyl (C=O) groups is 1. The van der Waals surface area contributed by atoms with Gasteiger partial charge < -0.3 is 10.1 Å². The first-order chi connectivity index (χ1) is 15.2. The summed E-state index contributed by atoms with van der Waals surface area (Å²) in [6, 6.07) is 5.23. The zero-order valence-electron chi connectivity index (χ0n) is 17.9. The van der Waals surface area contributed by atoms with E-state index in [0.717, 1.165) is 31.7 Å². The maximum absolute atomic E-state index is 13.1. The number of anilines is 1. The number of aromatic nitrogens is 3. The number of ether oxygens (including phenoxy) is 1. The third kappa shape index (κ3) is 5.05. The number of rotatable bonds is 5. The average Bonchev–Trinajstić information content (AvgIpc) is 3.15. The van der Waals surface area contributed by atoms with Gasteiger partial charge in [0, 0.05) is 17.6 Å². The molecule has 0 spiro atoms. The zero-order valence-corrected chi connectivity index (χ0v) is 18.7. The smallest absolute Gasteiger partial charge is 0.325 e. The SMILES string of the molecule is COc1cc2nn(C3CCC(C)CC3)cc2cc1NC(=O)c1cccc(S(F)(F)(F)(F)F)n1. The minimum Gasteiger partial charge on any atom is -0.494 e. The lowest BCUT2D eigenvalue weighted by Crippen LogP contribution is -2.17. The van der Waals surface area contributed by atoms with Crippen LogP contribution in [0.2, 0.25) is 0 Å². The minimum absolute atomic E-state index is 0.144. The summed E-state index contributed by atoms with van der Waals surface area (Å²) in [4.78, 5) is 15.4. The van der Waals surface area contributed by atoms with E-state index in [1.165, 1.54) is 7.11 Å². The Kier molecular flexibility index (Phi) is 5.15. The highest BCUT2D eigenvalue weighted by Crippen LogP contribution is 3.01. The van der Waals surface area contributed by atoms with Crippen molar-refractivity contribution in [2.24, 2.45) is 5.92 Å². The first-order valence-electron chi connectivity index (χ1n) is 10.3. The molecule has 180 valence electrons. The number of methoxy groups -OCH3 is 1. The second kappa shape index (κ2) is 7.31. The molecule has 12 heteroatoms. The molecule has 4 rings (SSSR count). The van der Waals surface area contributed by atoms with Crippen molar-refractivity contribution in [3.63, 3.8) is 0 Å². The summed E-state index contributed by atoms with van der Waals surface area (Å²) in [5.41, 5.74) is -0.00853.